The Kier molecular flexibility index (Phi) is 6.98. The fourth-order valence-corrected chi connectivity index (χ4v) is 8.06. The molecular formula is C24H27NO3Si. The van der Waals surface area contributed by atoms with E-state index in [-0.39, 0.29) is 18.5 Å². The molecule has 29 heavy (non-hydrogen) atoms. The molecule has 0 aliphatic heterocycles. The van der Waals surface area contributed by atoms with Gasteiger partial charge in [-0.3, -0.25) is 4.79 Å². The highest BCUT2D eigenvalue weighted by atomic mass is 28.4. The molecule has 0 aliphatic rings. The second-order valence-corrected chi connectivity index (χ2v) is 10.3. The van der Waals surface area contributed by atoms with Gasteiger partial charge in [-0.1, -0.05) is 84.9 Å². The number of benzene rings is 3. The number of ether oxygens (including phenoxy) is 1. The summed E-state index contributed by atoms with van der Waals surface area (Å²) >= 11 is 0. The highest BCUT2D eigenvalue weighted by Gasteiger charge is 2.44. The van der Waals surface area contributed by atoms with Crippen molar-refractivity contribution in [2.45, 2.75) is 26.0 Å². The minimum Gasteiger partial charge on any atom is -0.469 e. The van der Waals surface area contributed by atoms with Gasteiger partial charge in [0.2, 0.25) is 0 Å². The van der Waals surface area contributed by atoms with Crippen molar-refractivity contribution in [3.63, 3.8) is 0 Å². The van der Waals surface area contributed by atoms with Crippen LogP contribution in [0.2, 0.25) is 0 Å². The maximum Gasteiger partial charge on any atom is 0.308 e. The van der Waals surface area contributed by atoms with Gasteiger partial charge in [-0.2, -0.15) is 0 Å². The summed E-state index contributed by atoms with van der Waals surface area (Å²) in [4.78, 5) is 11.9. The second kappa shape index (κ2) is 9.65. The third kappa shape index (κ3) is 4.48. The van der Waals surface area contributed by atoms with Crippen LogP contribution in [-0.4, -0.2) is 27.5 Å². The molecule has 3 rings (SSSR count). The maximum absolute atomic E-state index is 11.9. The first kappa shape index (κ1) is 21.0. The van der Waals surface area contributed by atoms with Crippen LogP contribution in [0.5, 0.6) is 0 Å². The van der Waals surface area contributed by atoms with E-state index in [2.05, 4.69) is 36.4 Å². The van der Waals surface area contributed by atoms with Gasteiger partial charge in [0.05, 0.1) is 19.6 Å². The van der Waals surface area contributed by atoms with Crippen molar-refractivity contribution in [3.8, 4) is 0 Å². The van der Waals surface area contributed by atoms with Crippen LogP contribution in [0, 0.1) is 0 Å². The van der Waals surface area contributed by atoms with Gasteiger partial charge < -0.3 is 14.9 Å². The van der Waals surface area contributed by atoms with Crippen LogP contribution >= 0.6 is 0 Å². The van der Waals surface area contributed by atoms with Gasteiger partial charge in [0, 0.05) is 6.54 Å². The Labute approximate surface area is 173 Å². The first-order chi connectivity index (χ1) is 14.1. The average molecular weight is 406 g/mol. The Hall–Kier alpha value is -2.73. The van der Waals surface area contributed by atoms with E-state index in [9.17, 15) is 4.79 Å². The summed E-state index contributed by atoms with van der Waals surface area (Å²) in [5.74, 6) is -0.284. The number of carbonyl (C=O) groups excluding carboxylic acids is 1. The minimum atomic E-state index is -2.92. The molecule has 1 unspecified atom stereocenters. The van der Waals surface area contributed by atoms with Gasteiger partial charge in [0.25, 0.3) is 8.32 Å². The molecule has 3 aromatic carbocycles. The molecule has 0 heterocycles. The third-order valence-electron chi connectivity index (χ3n) is 5.04. The summed E-state index contributed by atoms with van der Waals surface area (Å²) in [7, 11) is -1.52. The summed E-state index contributed by atoms with van der Waals surface area (Å²) in [6.07, 6.45) is -0.129. The molecular weight excluding hydrogens is 378 g/mol. The molecule has 1 atom stereocenters. The molecule has 3 aromatic rings. The van der Waals surface area contributed by atoms with E-state index >= 15 is 0 Å². The zero-order valence-corrected chi connectivity index (χ0v) is 17.9. The summed E-state index contributed by atoms with van der Waals surface area (Å²) in [6.45, 7) is 2.34. The number of carbonyl (C=O) groups is 1. The van der Waals surface area contributed by atoms with Crippen molar-refractivity contribution in [2.24, 2.45) is 5.73 Å². The summed E-state index contributed by atoms with van der Waals surface area (Å²) in [6, 6.07) is 28.7. The second-order valence-electron chi connectivity index (χ2n) is 6.98. The number of nitrogens with two attached hydrogens (primary N) is 1. The molecule has 5 heteroatoms. The number of rotatable bonds is 8. The topological polar surface area (TPSA) is 61.5 Å². The minimum absolute atomic E-state index is 0.190. The highest BCUT2D eigenvalue weighted by molar-refractivity contribution is 7.07. The summed E-state index contributed by atoms with van der Waals surface area (Å²) < 4.78 is 11.8. The van der Waals surface area contributed by atoms with Gasteiger partial charge in [-0.25, -0.2) is 0 Å². The monoisotopic (exact) mass is 405 g/mol. The lowest BCUT2D eigenvalue weighted by Gasteiger charge is -2.36. The van der Waals surface area contributed by atoms with Crippen LogP contribution in [-0.2, 0) is 20.5 Å². The van der Waals surface area contributed by atoms with Gasteiger partial charge in [0.15, 0.2) is 0 Å². The van der Waals surface area contributed by atoms with Gasteiger partial charge >= 0.3 is 5.97 Å². The van der Waals surface area contributed by atoms with Crippen molar-refractivity contribution >= 4 is 29.8 Å². The van der Waals surface area contributed by atoms with Gasteiger partial charge in [-0.05, 0) is 28.0 Å². The number of esters is 1. The van der Waals surface area contributed by atoms with Gasteiger partial charge in [-0.15, -0.1) is 0 Å². The van der Waals surface area contributed by atoms with Crippen molar-refractivity contribution in [3.05, 3.63) is 90.5 Å². The molecule has 0 amide bonds. The molecule has 0 saturated carbocycles. The predicted octanol–water partition coefficient (Wildman–Crippen LogP) is 2.08. The van der Waals surface area contributed by atoms with E-state index in [0.717, 1.165) is 21.1 Å². The van der Waals surface area contributed by atoms with Crippen molar-refractivity contribution in [1.29, 1.82) is 0 Å². The Morgan fingerprint density at radius 2 is 1.41 bits per heavy atom. The molecule has 150 valence electrons. The lowest BCUT2D eigenvalue weighted by molar-refractivity contribution is -0.142. The van der Waals surface area contributed by atoms with Crippen LogP contribution in [0.4, 0.5) is 0 Å². The van der Waals surface area contributed by atoms with Crippen LogP contribution in [0.1, 0.15) is 18.9 Å². The molecule has 0 saturated heterocycles. The lowest BCUT2D eigenvalue weighted by Crippen LogP contribution is -2.71. The SMILES string of the molecule is COC(=O)CC(C)O[Si](c1ccccc1)(c1ccccc1)c1ccccc1CN. The smallest absolute Gasteiger partial charge is 0.308 e. The first-order valence-electron chi connectivity index (χ1n) is 9.76. The molecule has 0 bridgehead atoms. The molecule has 0 spiro atoms. The van der Waals surface area contributed by atoms with Crippen LogP contribution in [0.3, 0.4) is 0 Å². The van der Waals surface area contributed by atoms with E-state index in [1.807, 2.05) is 55.5 Å². The zero-order chi connectivity index (χ0) is 20.7. The van der Waals surface area contributed by atoms with E-state index in [0.29, 0.717) is 6.54 Å². The quantitative estimate of drug-likeness (QED) is 0.354. The highest BCUT2D eigenvalue weighted by Crippen LogP contribution is 2.16. The van der Waals surface area contributed by atoms with E-state index < -0.39 is 8.32 Å². The summed E-state index contributed by atoms with van der Waals surface area (Å²) in [5, 5.41) is 3.34. The Morgan fingerprint density at radius 1 is 0.897 bits per heavy atom. The largest absolute Gasteiger partial charge is 0.469 e. The van der Waals surface area contributed by atoms with Crippen LogP contribution in [0.15, 0.2) is 84.9 Å². The Bertz CT molecular complexity index is 892. The number of methoxy groups -OCH3 is 1. The third-order valence-corrected chi connectivity index (χ3v) is 9.33. The molecule has 0 aromatic heterocycles. The zero-order valence-electron chi connectivity index (χ0n) is 16.9. The molecule has 0 aliphatic carbocycles. The van der Waals surface area contributed by atoms with E-state index in [1.54, 1.807) is 0 Å². The molecule has 0 radical (unpaired) electrons. The van der Waals surface area contributed by atoms with Crippen LogP contribution < -0.4 is 21.3 Å². The van der Waals surface area contributed by atoms with Crippen molar-refractivity contribution < 1.29 is 14.0 Å². The fourth-order valence-electron chi connectivity index (χ4n) is 3.73. The molecule has 2 N–H and O–H groups in total. The van der Waals surface area contributed by atoms with Crippen molar-refractivity contribution in [1.82, 2.24) is 0 Å². The van der Waals surface area contributed by atoms with E-state index in [4.69, 9.17) is 14.9 Å². The maximum atomic E-state index is 11.9. The Balaban J connectivity index is 2.26. The normalized spacial score (nSPS) is 12.4. The predicted molar refractivity (Wildman–Crippen MR) is 119 cm³/mol. The van der Waals surface area contributed by atoms with Gasteiger partial charge in [0.1, 0.15) is 0 Å². The molecule has 0 fully saturated rings. The van der Waals surface area contributed by atoms with E-state index in [1.165, 1.54) is 7.11 Å². The molecule has 4 nitrogen and oxygen atoms in total. The lowest BCUT2D eigenvalue weighted by atomic mass is 10.2. The summed E-state index contributed by atoms with van der Waals surface area (Å²) in [5.41, 5.74) is 7.18. The number of hydrogen-bond acceptors (Lipinski definition) is 4. The Morgan fingerprint density at radius 3 is 1.93 bits per heavy atom. The standard InChI is InChI=1S/C24H27NO3Si/c1-19(17-24(26)27-2)28-29(21-12-5-3-6-13-21,22-14-7-4-8-15-22)23-16-10-9-11-20(23)18-25/h3-16,19H,17-18,25H2,1-2H3. The van der Waals surface area contributed by atoms with Crippen molar-refractivity contribution in [2.75, 3.05) is 7.11 Å². The first-order valence-corrected chi connectivity index (χ1v) is 11.7. The van der Waals surface area contributed by atoms with Crippen LogP contribution in [0.25, 0.3) is 0 Å². The average Bonchev–Trinajstić information content (AvgIpc) is 2.78. The number of hydrogen-bond donors (Lipinski definition) is 1. The fraction of sp³-hybridized carbons (Fsp3) is 0.208.